The number of anilines is 1. The van der Waals surface area contributed by atoms with E-state index in [2.05, 4.69) is 23.6 Å². The molecule has 0 radical (unpaired) electrons. The summed E-state index contributed by atoms with van der Waals surface area (Å²) in [6, 6.07) is 0. The first kappa shape index (κ1) is 28.0. The molecule has 2 saturated heterocycles. The Hall–Kier alpha value is -1.56. The molecule has 2 aliphatic heterocycles. The van der Waals surface area contributed by atoms with E-state index in [4.69, 9.17) is 34.3 Å². The summed E-state index contributed by atoms with van der Waals surface area (Å²) in [5.74, 6) is -1.12. The van der Waals surface area contributed by atoms with Gasteiger partial charge in [0.15, 0.2) is 23.2 Å². The van der Waals surface area contributed by atoms with Crippen molar-refractivity contribution in [2.45, 2.75) is 62.4 Å². The summed E-state index contributed by atoms with van der Waals surface area (Å²) in [4.78, 5) is 59.4. The van der Waals surface area contributed by atoms with E-state index in [0.717, 1.165) is 19.3 Å². The van der Waals surface area contributed by atoms with Gasteiger partial charge in [-0.15, -0.1) is 0 Å². The molecular formula is C16H24N5O14P3. The molecule has 3 aliphatic rings. The second-order valence-electron chi connectivity index (χ2n) is 8.86. The molecule has 212 valence electrons. The number of rotatable bonds is 8. The van der Waals surface area contributed by atoms with E-state index in [9.17, 15) is 28.3 Å². The molecular weight excluding hydrogens is 579 g/mol. The molecule has 1 aliphatic carbocycles. The van der Waals surface area contributed by atoms with Gasteiger partial charge in [0.05, 0.1) is 12.9 Å². The quantitative estimate of drug-likeness (QED) is 0.222. The first-order valence-corrected chi connectivity index (χ1v) is 15.7. The number of nitrogen functional groups attached to an aromatic ring is 1. The molecule has 38 heavy (non-hydrogen) atoms. The van der Waals surface area contributed by atoms with E-state index < -0.39 is 66.0 Å². The van der Waals surface area contributed by atoms with Crippen LogP contribution in [-0.4, -0.2) is 69.8 Å². The number of ether oxygens (including phenoxy) is 3. The van der Waals surface area contributed by atoms with Crippen LogP contribution in [0.25, 0.3) is 11.2 Å². The zero-order chi connectivity index (χ0) is 27.5. The van der Waals surface area contributed by atoms with Crippen LogP contribution in [0.5, 0.6) is 0 Å². The molecule has 19 nitrogen and oxygen atoms in total. The molecule has 2 aromatic rings. The lowest BCUT2D eigenvalue weighted by molar-refractivity contribution is -0.232. The molecule has 0 amide bonds. The van der Waals surface area contributed by atoms with Gasteiger partial charge in [0.1, 0.15) is 18.3 Å². The van der Waals surface area contributed by atoms with Gasteiger partial charge in [-0.3, -0.25) is 18.9 Å². The number of phosphoric acid groups is 3. The third kappa shape index (κ3) is 5.81. The van der Waals surface area contributed by atoms with Gasteiger partial charge in [0.25, 0.3) is 5.56 Å². The van der Waals surface area contributed by atoms with E-state index >= 15 is 0 Å². The number of hydrogen-bond donors (Lipinski definition) is 6. The molecule has 0 bridgehead atoms. The number of aromatic nitrogens is 4. The molecule has 2 aromatic heterocycles. The average Bonchev–Trinajstić information content (AvgIpc) is 3.42. The van der Waals surface area contributed by atoms with Gasteiger partial charge in [0.2, 0.25) is 5.95 Å². The van der Waals surface area contributed by atoms with Crippen LogP contribution in [0.3, 0.4) is 0 Å². The molecule has 22 heteroatoms. The fraction of sp³-hybridized carbons (Fsp3) is 0.688. The normalized spacial score (nSPS) is 30.3. The second kappa shape index (κ2) is 9.82. The maximum absolute atomic E-state index is 12.3. The van der Waals surface area contributed by atoms with E-state index in [1.165, 1.54) is 10.9 Å². The summed E-state index contributed by atoms with van der Waals surface area (Å²) < 4.78 is 66.9. The van der Waals surface area contributed by atoms with Gasteiger partial charge in [-0.1, -0.05) is 6.42 Å². The summed E-state index contributed by atoms with van der Waals surface area (Å²) in [5, 5.41) is 0. The van der Waals surface area contributed by atoms with E-state index in [1.54, 1.807) is 0 Å². The Morgan fingerprint density at radius 2 is 1.76 bits per heavy atom. The minimum Gasteiger partial charge on any atom is -0.369 e. The first-order valence-electron chi connectivity index (χ1n) is 11.2. The van der Waals surface area contributed by atoms with Gasteiger partial charge in [-0.25, -0.2) is 18.7 Å². The number of nitrogens with zero attached hydrogens (tertiary/aromatic N) is 3. The van der Waals surface area contributed by atoms with E-state index in [1.807, 2.05) is 0 Å². The van der Waals surface area contributed by atoms with Crippen molar-refractivity contribution in [3.8, 4) is 0 Å². The third-order valence-electron chi connectivity index (χ3n) is 6.15. The molecule has 1 saturated carbocycles. The van der Waals surface area contributed by atoms with Crippen molar-refractivity contribution in [1.29, 1.82) is 0 Å². The van der Waals surface area contributed by atoms with Crippen molar-refractivity contribution in [3.05, 3.63) is 16.7 Å². The molecule has 6 atom stereocenters. The van der Waals surface area contributed by atoms with Crippen LogP contribution in [0.2, 0.25) is 0 Å². The number of fused-ring (bicyclic) bond motifs is 2. The first-order chi connectivity index (χ1) is 17.7. The number of nitrogens with two attached hydrogens (primary N) is 1. The Balaban J connectivity index is 1.39. The van der Waals surface area contributed by atoms with E-state index in [-0.39, 0.29) is 17.1 Å². The highest BCUT2D eigenvalue weighted by atomic mass is 31.3. The molecule has 5 rings (SSSR count). The summed E-state index contributed by atoms with van der Waals surface area (Å²) in [5.41, 5.74) is 5.15. The van der Waals surface area contributed by atoms with Gasteiger partial charge in [0, 0.05) is 12.8 Å². The zero-order valence-electron chi connectivity index (χ0n) is 19.3. The van der Waals surface area contributed by atoms with Crippen molar-refractivity contribution >= 4 is 40.6 Å². The van der Waals surface area contributed by atoms with Crippen molar-refractivity contribution in [2.75, 3.05) is 12.3 Å². The largest absolute Gasteiger partial charge is 0.490 e. The number of H-pyrrole nitrogens is 1. The Kier molecular flexibility index (Phi) is 7.23. The maximum atomic E-state index is 12.3. The summed E-state index contributed by atoms with van der Waals surface area (Å²) in [6.07, 6.45) is 1.27. The lowest BCUT2D eigenvalue weighted by atomic mass is 9.94. The second-order valence-corrected chi connectivity index (χ2v) is 13.3. The fourth-order valence-corrected chi connectivity index (χ4v) is 7.81. The number of phosphoric ester groups is 1. The zero-order valence-corrected chi connectivity index (χ0v) is 21.9. The smallest absolute Gasteiger partial charge is 0.369 e. The minimum atomic E-state index is -5.70. The topological polar surface area (TPSA) is 277 Å². The van der Waals surface area contributed by atoms with Crippen molar-refractivity contribution in [2.24, 2.45) is 0 Å². The Morgan fingerprint density at radius 1 is 1.08 bits per heavy atom. The monoisotopic (exact) mass is 603 g/mol. The Bertz CT molecular complexity index is 1420. The number of aromatic amines is 1. The molecule has 3 fully saturated rings. The number of hydrogen-bond acceptors (Lipinski definition) is 13. The molecule has 1 spiro atoms. The summed E-state index contributed by atoms with van der Waals surface area (Å²) in [6.45, 7) is -0.746. The van der Waals surface area contributed by atoms with Crippen LogP contribution in [0.1, 0.15) is 38.3 Å². The summed E-state index contributed by atoms with van der Waals surface area (Å²) >= 11 is 0. The van der Waals surface area contributed by atoms with Crippen LogP contribution in [0.4, 0.5) is 5.95 Å². The summed E-state index contributed by atoms with van der Waals surface area (Å²) in [7, 11) is -16.7. The van der Waals surface area contributed by atoms with Crippen LogP contribution in [0, 0.1) is 0 Å². The number of nitrogens with one attached hydrogen (secondary N) is 1. The molecule has 4 heterocycles. The van der Waals surface area contributed by atoms with Crippen LogP contribution < -0.4 is 11.3 Å². The molecule has 6 unspecified atom stereocenters. The SMILES string of the molecule is Nc1nc2c(ncn2C2OC(COP(=O)(O)OP(=O)(O)OP(=O)(O)O)C3OC4(CCCCC4)OC32)c(=O)[nH]1. The van der Waals surface area contributed by atoms with Gasteiger partial charge < -0.3 is 39.5 Å². The van der Waals surface area contributed by atoms with Crippen LogP contribution >= 0.6 is 23.5 Å². The Morgan fingerprint density at radius 3 is 2.45 bits per heavy atom. The highest BCUT2D eigenvalue weighted by Gasteiger charge is 2.59. The molecule has 0 aromatic carbocycles. The van der Waals surface area contributed by atoms with Crippen molar-refractivity contribution in [1.82, 2.24) is 19.5 Å². The minimum absolute atomic E-state index is 0.0256. The lowest BCUT2D eigenvalue weighted by Gasteiger charge is -2.34. The standard InChI is InChI=1S/C16H24N5O14P3/c17-15-19-12-9(13(22)20-15)18-7-21(12)14-11-10(32-16(33-11)4-2-1-3-5-16)8(31-14)6-30-37(26,27)35-38(28,29)34-36(23,24)25/h7-8,10-11,14H,1-6H2,(H,26,27)(H,28,29)(H2,23,24,25)(H3,17,19,20,22). The van der Waals surface area contributed by atoms with Gasteiger partial charge in [-0.05, 0) is 12.8 Å². The lowest BCUT2D eigenvalue weighted by Crippen LogP contribution is -2.37. The van der Waals surface area contributed by atoms with Crippen LogP contribution in [-0.2, 0) is 41.1 Å². The third-order valence-corrected chi connectivity index (χ3v) is 9.95. The highest BCUT2D eigenvalue weighted by Crippen LogP contribution is 2.66. The molecule has 7 N–H and O–H groups in total. The predicted molar refractivity (Wildman–Crippen MR) is 122 cm³/mol. The van der Waals surface area contributed by atoms with Crippen molar-refractivity contribution < 1.29 is 60.6 Å². The predicted octanol–water partition coefficient (Wildman–Crippen LogP) is 0.387. The van der Waals surface area contributed by atoms with E-state index in [0.29, 0.717) is 12.8 Å². The van der Waals surface area contributed by atoms with Crippen LogP contribution in [0.15, 0.2) is 11.1 Å². The van der Waals surface area contributed by atoms with Gasteiger partial charge in [-0.2, -0.15) is 13.6 Å². The fourth-order valence-electron chi connectivity index (χ4n) is 4.78. The van der Waals surface area contributed by atoms with Gasteiger partial charge >= 0.3 is 23.5 Å². The van der Waals surface area contributed by atoms with Crippen molar-refractivity contribution in [3.63, 3.8) is 0 Å². The Labute approximate surface area is 212 Å². The number of imidazole rings is 1. The maximum Gasteiger partial charge on any atom is 0.490 e. The highest BCUT2D eigenvalue weighted by molar-refractivity contribution is 7.66. The average molecular weight is 603 g/mol.